The average molecular weight is 261 g/mol. The second-order valence-electron chi connectivity index (χ2n) is 5.22. The summed E-state index contributed by atoms with van der Waals surface area (Å²) in [5.41, 5.74) is 3.35. The van der Waals surface area contributed by atoms with Crippen molar-refractivity contribution < 1.29 is 0 Å². The molecule has 18 heavy (non-hydrogen) atoms. The maximum Gasteiger partial charge on any atom is 0.0725 e. The third-order valence-corrected chi connectivity index (χ3v) is 4.32. The van der Waals surface area contributed by atoms with E-state index >= 15 is 0 Å². The number of pyridine rings is 1. The van der Waals surface area contributed by atoms with E-state index in [0.29, 0.717) is 5.88 Å². The van der Waals surface area contributed by atoms with E-state index in [9.17, 15) is 0 Å². The highest BCUT2D eigenvalue weighted by Gasteiger charge is 2.36. The minimum absolute atomic E-state index is 0.0954. The number of nitrogens with zero attached hydrogens (tertiary/aromatic N) is 1. The van der Waals surface area contributed by atoms with Crippen LogP contribution in [-0.2, 0) is 0 Å². The summed E-state index contributed by atoms with van der Waals surface area (Å²) in [6, 6.07) is 10.4. The van der Waals surface area contributed by atoms with E-state index in [-0.39, 0.29) is 5.54 Å². The highest BCUT2D eigenvalue weighted by atomic mass is 35.5. The predicted octanol–water partition coefficient (Wildman–Crippen LogP) is 4.12. The molecule has 1 heterocycles. The molecule has 2 nitrogen and oxygen atoms in total. The van der Waals surface area contributed by atoms with Crippen LogP contribution >= 0.6 is 11.6 Å². The van der Waals surface area contributed by atoms with Crippen molar-refractivity contribution in [1.29, 1.82) is 0 Å². The maximum absolute atomic E-state index is 6.12. The SMILES string of the molecule is Cc1cc(NC2(CCl)CCC2)c2ccccc2n1. The molecule has 1 aromatic carbocycles. The standard InChI is InChI=1S/C15H17ClN2/c1-11-9-14(18-15(10-16)7-4-8-15)12-5-2-3-6-13(12)17-11/h2-3,5-6,9H,4,7-8,10H2,1H3,(H,17,18). The number of halogens is 1. The van der Waals surface area contributed by atoms with Gasteiger partial charge in [-0.3, -0.25) is 4.98 Å². The van der Waals surface area contributed by atoms with Gasteiger partial charge < -0.3 is 5.32 Å². The van der Waals surface area contributed by atoms with Crippen LogP contribution in [-0.4, -0.2) is 16.4 Å². The molecule has 0 aliphatic heterocycles. The van der Waals surface area contributed by atoms with E-state index < -0.39 is 0 Å². The van der Waals surface area contributed by atoms with Crippen LogP contribution in [0.4, 0.5) is 5.69 Å². The molecule has 1 aliphatic carbocycles. The van der Waals surface area contributed by atoms with Gasteiger partial charge in [-0.2, -0.15) is 0 Å². The average Bonchev–Trinajstić information content (AvgIpc) is 2.33. The number of alkyl halides is 1. The normalized spacial score (nSPS) is 17.4. The van der Waals surface area contributed by atoms with Gasteiger partial charge >= 0.3 is 0 Å². The third-order valence-electron chi connectivity index (χ3n) is 3.81. The van der Waals surface area contributed by atoms with Gasteiger partial charge in [-0.25, -0.2) is 0 Å². The fraction of sp³-hybridized carbons (Fsp3) is 0.400. The molecular formula is C15H17ClN2. The van der Waals surface area contributed by atoms with Gasteiger partial charge in [0.1, 0.15) is 0 Å². The van der Waals surface area contributed by atoms with Crippen molar-refractivity contribution in [3.8, 4) is 0 Å². The molecule has 3 rings (SSSR count). The van der Waals surface area contributed by atoms with Crippen LogP contribution in [0.2, 0.25) is 0 Å². The lowest BCUT2D eigenvalue weighted by molar-refractivity contribution is 0.311. The third kappa shape index (κ3) is 1.95. The Labute approximate surface area is 112 Å². The number of hydrogen-bond acceptors (Lipinski definition) is 2. The minimum atomic E-state index is 0.0954. The Hall–Kier alpha value is -1.28. The van der Waals surface area contributed by atoms with Crippen LogP contribution in [0.15, 0.2) is 30.3 Å². The van der Waals surface area contributed by atoms with E-state index in [2.05, 4.69) is 34.6 Å². The highest BCUT2D eigenvalue weighted by molar-refractivity contribution is 6.19. The van der Waals surface area contributed by atoms with Gasteiger partial charge in [0.15, 0.2) is 0 Å². The monoisotopic (exact) mass is 260 g/mol. The molecule has 0 atom stereocenters. The van der Waals surface area contributed by atoms with Gasteiger partial charge in [-0.05, 0) is 38.3 Å². The largest absolute Gasteiger partial charge is 0.378 e. The molecule has 1 N–H and O–H groups in total. The lowest BCUT2D eigenvalue weighted by atomic mass is 9.78. The molecule has 0 amide bonds. The van der Waals surface area contributed by atoms with Crippen molar-refractivity contribution in [2.24, 2.45) is 0 Å². The summed E-state index contributed by atoms with van der Waals surface area (Å²) in [6.07, 6.45) is 3.58. The molecule has 1 aromatic heterocycles. The van der Waals surface area contributed by atoms with Gasteiger partial charge in [0, 0.05) is 22.6 Å². The number of para-hydroxylation sites is 1. The zero-order chi connectivity index (χ0) is 12.6. The lowest BCUT2D eigenvalue weighted by Crippen LogP contribution is -2.46. The molecule has 1 saturated carbocycles. The molecule has 3 heteroatoms. The van der Waals surface area contributed by atoms with E-state index in [0.717, 1.165) is 24.1 Å². The molecule has 0 saturated heterocycles. The molecule has 2 aromatic rings. The summed E-state index contributed by atoms with van der Waals surface area (Å²) in [5.74, 6) is 0.669. The lowest BCUT2D eigenvalue weighted by Gasteiger charge is -2.42. The summed E-state index contributed by atoms with van der Waals surface area (Å²) in [7, 11) is 0. The number of aromatic nitrogens is 1. The Kier molecular flexibility index (Phi) is 2.90. The topological polar surface area (TPSA) is 24.9 Å². The van der Waals surface area contributed by atoms with Crippen molar-refractivity contribution in [3.63, 3.8) is 0 Å². The van der Waals surface area contributed by atoms with Gasteiger partial charge in [0.05, 0.1) is 11.1 Å². The van der Waals surface area contributed by atoms with Crippen molar-refractivity contribution in [1.82, 2.24) is 4.98 Å². The number of anilines is 1. The number of hydrogen-bond donors (Lipinski definition) is 1. The van der Waals surface area contributed by atoms with Gasteiger partial charge in [0.25, 0.3) is 0 Å². The van der Waals surface area contributed by atoms with Gasteiger partial charge in [-0.1, -0.05) is 18.2 Å². The van der Waals surface area contributed by atoms with Gasteiger partial charge in [0.2, 0.25) is 0 Å². The Morgan fingerprint density at radius 1 is 1.33 bits per heavy atom. The second kappa shape index (κ2) is 4.43. The molecule has 0 spiro atoms. The summed E-state index contributed by atoms with van der Waals surface area (Å²) in [6.45, 7) is 2.03. The summed E-state index contributed by atoms with van der Waals surface area (Å²) >= 11 is 6.12. The molecule has 0 bridgehead atoms. The van der Waals surface area contributed by atoms with E-state index in [1.165, 1.54) is 17.5 Å². The number of nitrogens with one attached hydrogen (secondary N) is 1. The van der Waals surface area contributed by atoms with Crippen LogP contribution in [0.5, 0.6) is 0 Å². The number of rotatable bonds is 3. The first kappa shape index (κ1) is 11.8. The molecule has 1 aliphatic rings. The van der Waals surface area contributed by atoms with Crippen molar-refractivity contribution in [3.05, 3.63) is 36.0 Å². The van der Waals surface area contributed by atoms with E-state index in [1.54, 1.807) is 0 Å². The van der Waals surface area contributed by atoms with Gasteiger partial charge in [-0.15, -0.1) is 11.6 Å². The Morgan fingerprint density at radius 3 is 2.78 bits per heavy atom. The van der Waals surface area contributed by atoms with Crippen LogP contribution < -0.4 is 5.32 Å². The zero-order valence-electron chi connectivity index (χ0n) is 10.5. The number of benzene rings is 1. The van der Waals surface area contributed by atoms with E-state index in [4.69, 9.17) is 11.6 Å². The molecule has 1 fully saturated rings. The van der Waals surface area contributed by atoms with E-state index in [1.807, 2.05) is 13.0 Å². The summed E-state index contributed by atoms with van der Waals surface area (Å²) < 4.78 is 0. The van der Waals surface area contributed by atoms with Crippen LogP contribution in [0.25, 0.3) is 10.9 Å². The predicted molar refractivity (Wildman–Crippen MR) is 77.4 cm³/mol. The van der Waals surface area contributed by atoms with Crippen molar-refractivity contribution in [2.45, 2.75) is 31.7 Å². The first-order chi connectivity index (χ1) is 8.72. The molecule has 94 valence electrons. The quantitative estimate of drug-likeness (QED) is 0.840. The van der Waals surface area contributed by atoms with Crippen LogP contribution in [0, 0.1) is 6.92 Å². The number of fused-ring (bicyclic) bond motifs is 1. The first-order valence-electron chi connectivity index (χ1n) is 6.43. The smallest absolute Gasteiger partial charge is 0.0725 e. The highest BCUT2D eigenvalue weighted by Crippen LogP contribution is 2.38. The number of aryl methyl sites for hydroxylation is 1. The molecule has 0 radical (unpaired) electrons. The van der Waals surface area contributed by atoms with Crippen molar-refractivity contribution >= 4 is 28.2 Å². The maximum atomic E-state index is 6.12. The fourth-order valence-corrected chi connectivity index (χ4v) is 2.93. The molecular weight excluding hydrogens is 244 g/mol. The fourth-order valence-electron chi connectivity index (χ4n) is 2.59. The minimum Gasteiger partial charge on any atom is -0.378 e. The van der Waals surface area contributed by atoms with Crippen LogP contribution in [0.3, 0.4) is 0 Å². The first-order valence-corrected chi connectivity index (χ1v) is 6.96. The Bertz CT molecular complexity index is 570. The summed E-state index contributed by atoms with van der Waals surface area (Å²) in [5, 5.41) is 4.83. The van der Waals surface area contributed by atoms with Crippen molar-refractivity contribution in [2.75, 3.05) is 11.2 Å². The molecule has 0 unspecified atom stereocenters. The zero-order valence-corrected chi connectivity index (χ0v) is 11.3. The van der Waals surface area contributed by atoms with Crippen LogP contribution in [0.1, 0.15) is 25.0 Å². The summed E-state index contributed by atoms with van der Waals surface area (Å²) in [4.78, 5) is 4.56. The second-order valence-corrected chi connectivity index (χ2v) is 5.49. The Morgan fingerprint density at radius 2 is 2.11 bits per heavy atom. The Balaban J connectivity index is 2.05.